The van der Waals surface area contributed by atoms with E-state index >= 15 is 0 Å². The highest BCUT2D eigenvalue weighted by Gasteiger charge is 2.05. The van der Waals surface area contributed by atoms with Crippen LogP contribution in [0.1, 0.15) is 32.0 Å². The summed E-state index contributed by atoms with van der Waals surface area (Å²) < 4.78 is 2.04. The van der Waals surface area contributed by atoms with Crippen molar-refractivity contribution in [2.24, 2.45) is 0 Å². The molecule has 1 aromatic heterocycles. The van der Waals surface area contributed by atoms with Crippen LogP contribution in [0.3, 0.4) is 0 Å². The van der Waals surface area contributed by atoms with Crippen molar-refractivity contribution in [1.29, 1.82) is 0 Å². The Morgan fingerprint density at radius 2 is 2.00 bits per heavy atom. The molecule has 0 amide bonds. The monoisotopic (exact) mass is 261 g/mol. The molecule has 1 heterocycles. The van der Waals surface area contributed by atoms with Gasteiger partial charge in [0.15, 0.2) is 0 Å². The van der Waals surface area contributed by atoms with Crippen LogP contribution < -0.4 is 5.73 Å². The number of rotatable bonds is 5. The topological polar surface area (TPSA) is 43.8 Å². The number of nitrogens with two attached hydrogens (primary N) is 1. The molecule has 18 heavy (non-hydrogen) atoms. The van der Waals surface area contributed by atoms with E-state index in [1.165, 1.54) is 4.90 Å². The van der Waals surface area contributed by atoms with Gasteiger partial charge in [-0.3, -0.25) is 4.68 Å². The van der Waals surface area contributed by atoms with Gasteiger partial charge >= 0.3 is 0 Å². The Bertz CT molecular complexity index is 490. The first-order valence-electron chi connectivity index (χ1n) is 6.21. The molecule has 1 atom stereocenters. The van der Waals surface area contributed by atoms with E-state index in [4.69, 9.17) is 5.73 Å². The zero-order chi connectivity index (χ0) is 13.0. The normalized spacial score (nSPS) is 12.6. The van der Waals surface area contributed by atoms with Crippen molar-refractivity contribution < 1.29 is 0 Å². The van der Waals surface area contributed by atoms with Gasteiger partial charge in [-0.2, -0.15) is 5.10 Å². The molecule has 0 spiro atoms. The fourth-order valence-electron chi connectivity index (χ4n) is 1.61. The molecule has 1 unspecified atom stereocenters. The van der Waals surface area contributed by atoms with Gasteiger partial charge in [-0.05, 0) is 43.7 Å². The summed E-state index contributed by atoms with van der Waals surface area (Å²) in [7, 11) is 0. The van der Waals surface area contributed by atoms with Gasteiger partial charge in [-0.25, -0.2) is 0 Å². The summed E-state index contributed by atoms with van der Waals surface area (Å²) in [5.41, 5.74) is 7.59. The Morgan fingerprint density at radius 3 is 2.67 bits per heavy atom. The summed E-state index contributed by atoms with van der Waals surface area (Å²) in [4.78, 5) is 1.22. The van der Waals surface area contributed by atoms with Gasteiger partial charge in [0.25, 0.3) is 0 Å². The van der Waals surface area contributed by atoms with E-state index in [2.05, 4.69) is 31.2 Å². The number of nitrogens with zero attached hydrogens (tertiary/aromatic N) is 2. The second-order valence-corrected chi connectivity index (χ2v) is 5.45. The van der Waals surface area contributed by atoms with E-state index in [1.54, 1.807) is 11.8 Å². The maximum atomic E-state index is 5.66. The van der Waals surface area contributed by atoms with Crippen LogP contribution in [0.15, 0.2) is 41.4 Å². The molecule has 0 aliphatic heterocycles. The van der Waals surface area contributed by atoms with E-state index in [9.17, 15) is 0 Å². The number of benzene rings is 1. The Morgan fingerprint density at radius 1 is 1.28 bits per heavy atom. The van der Waals surface area contributed by atoms with Gasteiger partial charge in [0.2, 0.25) is 0 Å². The molecule has 0 saturated heterocycles. The van der Waals surface area contributed by atoms with E-state index in [-0.39, 0.29) is 0 Å². The lowest BCUT2D eigenvalue weighted by atomic mass is 10.3. The summed E-state index contributed by atoms with van der Waals surface area (Å²) in [5, 5.41) is 4.58. The van der Waals surface area contributed by atoms with E-state index in [0.717, 1.165) is 23.6 Å². The second-order valence-electron chi connectivity index (χ2n) is 4.40. The first kappa shape index (κ1) is 13.0. The van der Waals surface area contributed by atoms with Crippen molar-refractivity contribution in [3.63, 3.8) is 0 Å². The van der Waals surface area contributed by atoms with Gasteiger partial charge in [-0.1, -0.05) is 6.92 Å². The number of nitrogen functional groups attached to an aromatic ring is 1. The minimum atomic E-state index is 0.472. The first-order valence-corrected chi connectivity index (χ1v) is 7.20. The fraction of sp³-hybridized carbons (Fsp3) is 0.357. The van der Waals surface area contributed by atoms with E-state index in [0.29, 0.717) is 6.04 Å². The molecular formula is C14H19N3S. The molecule has 2 N–H and O–H groups in total. The molecule has 96 valence electrons. The van der Waals surface area contributed by atoms with Crippen LogP contribution in [0.5, 0.6) is 0 Å². The van der Waals surface area contributed by atoms with Crippen LogP contribution in [0.2, 0.25) is 0 Å². The van der Waals surface area contributed by atoms with Crippen LogP contribution >= 0.6 is 11.8 Å². The Kier molecular flexibility index (Phi) is 4.31. The molecule has 0 aliphatic rings. The standard InChI is InChI=1S/C14H19N3S/c1-3-11(2)17-9-8-13(16-17)10-18-14-6-4-12(15)5-7-14/h4-9,11H,3,10,15H2,1-2H3. The lowest BCUT2D eigenvalue weighted by Gasteiger charge is -2.08. The zero-order valence-corrected chi connectivity index (χ0v) is 11.7. The molecule has 2 aromatic rings. The third-order valence-electron chi connectivity index (χ3n) is 2.97. The van der Waals surface area contributed by atoms with Gasteiger partial charge < -0.3 is 5.73 Å². The lowest BCUT2D eigenvalue weighted by molar-refractivity contribution is 0.475. The summed E-state index contributed by atoms with van der Waals surface area (Å²) >= 11 is 1.78. The van der Waals surface area contributed by atoms with E-state index < -0.39 is 0 Å². The third-order valence-corrected chi connectivity index (χ3v) is 4.02. The van der Waals surface area contributed by atoms with Crippen molar-refractivity contribution in [2.75, 3.05) is 5.73 Å². The van der Waals surface area contributed by atoms with Crippen LogP contribution in [0.4, 0.5) is 5.69 Å². The Balaban J connectivity index is 1.94. The number of thioether (sulfide) groups is 1. The minimum absolute atomic E-state index is 0.472. The highest BCUT2D eigenvalue weighted by molar-refractivity contribution is 7.98. The zero-order valence-electron chi connectivity index (χ0n) is 10.8. The molecular weight excluding hydrogens is 242 g/mol. The predicted octanol–water partition coefficient (Wildman–Crippen LogP) is 3.73. The number of aromatic nitrogens is 2. The van der Waals surface area contributed by atoms with Crippen LogP contribution in [0.25, 0.3) is 0 Å². The molecule has 0 radical (unpaired) electrons. The average Bonchev–Trinajstić information content (AvgIpc) is 2.86. The second kappa shape index (κ2) is 5.96. The smallest absolute Gasteiger partial charge is 0.0727 e. The lowest BCUT2D eigenvalue weighted by Crippen LogP contribution is -2.04. The SMILES string of the molecule is CCC(C)n1ccc(CSc2ccc(N)cc2)n1. The molecule has 3 nitrogen and oxygen atoms in total. The van der Waals surface area contributed by atoms with Crippen molar-refractivity contribution >= 4 is 17.4 Å². The summed E-state index contributed by atoms with van der Waals surface area (Å²) in [6.07, 6.45) is 3.17. The Labute approximate surface area is 112 Å². The average molecular weight is 261 g/mol. The van der Waals surface area contributed by atoms with Gasteiger partial charge in [0.1, 0.15) is 0 Å². The summed E-state index contributed by atoms with van der Waals surface area (Å²) in [6, 6.07) is 10.5. The van der Waals surface area contributed by atoms with Crippen LogP contribution in [-0.2, 0) is 5.75 Å². The Hall–Kier alpha value is -1.42. The molecule has 0 saturated carbocycles. The number of hydrogen-bond donors (Lipinski definition) is 1. The minimum Gasteiger partial charge on any atom is -0.399 e. The molecule has 0 aliphatic carbocycles. The molecule has 4 heteroatoms. The highest BCUT2D eigenvalue weighted by atomic mass is 32.2. The maximum absolute atomic E-state index is 5.66. The number of hydrogen-bond acceptors (Lipinski definition) is 3. The summed E-state index contributed by atoms with van der Waals surface area (Å²) in [5.74, 6) is 0.896. The summed E-state index contributed by atoms with van der Waals surface area (Å²) in [6.45, 7) is 4.36. The highest BCUT2D eigenvalue weighted by Crippen LogP contribution is 2.23. The van der Waals surface area contributed by atoms with E-state index in [1.807, 2.05) is 28.9 Å². The first-order chi connectivity index (χ1) is 8.69. The van der Waals surface area contributed by atoms with Gasteiger partial charge in [0.05, 0.1) is 5.69 Å². The number of anilines is 1. The molecule has 2 rings (SSSR count). The fourth-order valence-corrected chi connectivity index (χ4v) is 2.41. The molecule has 0 fully saturated rings. The quantitative estimate of drug-likeness (QED) is 0.659. The van der Waals surface area contributed by atoms with Gasteiger partial charge in [-0.15, -0.1) is 11.8 Å². The van der Waals surface area contributed by atoms with Crippen molar-refractivity contribution in [2.45, 2.75) is 37.0 Å². The third kappa shape index (κ3) is 3.29. The van der Waals surface area contributed by atoms with Gasteiger partial charge in [0, 0.05) is 28.6 Å². The van der Waals surface area contributed by atoms with Crippen molar-refractivity contribution in [3.8, 4) is 0 Å². The van der Waals surface area contributed by atoms with Crippen molar-refractivity contribution in [1.82, 2.24) is 9.78 Å². The van der Waals surface area contributed by atoms with Crippen molar-refractivity contribution in [3.05, 3.63) is 42.2 Å². The predicted molar refractivity (Wildman–Crippen MR) is 77.6 cm³/mol. The molecule has 0 bridgehead atoms. The molecule has 1 aromatic carbocycles. The van der Waals surface area contributed by atoms with Crippen LogP contribution in [0, 0.1) is 0 Å². The maximum Gasteiger partial charge on any atom is 0.0727 e. The largest absolute Gasteiger partial charge is 0.399 e. The van der Waals surface area contributed by atoms with Crippen LogP contribution in [-0.4, -0.2) is 9.78 Å².